The number of nitro groups is 1. The second-order valence-electron chi connectivity index (χ2n) is 13.4. The molecule has 0 radical (unpaired) electrons. The smallest absolute Gasteiger partial charge is 0.338 e. The first-order valence-electron chi connectivity index (χ1n) is 19.1. The molecule has 1 N–H and O–H groups in total. The largest absolute Gasteiger partial charge is 0.733 e. The zero-order valence-corrected chi connectivity index (χ0v) is 29.5. The van der Waals surface area contributed by atoms with Gasteiger partial charge in [0.05, 0.1) is 16.2 Å². The highest BCUT2D eigenvalue weighted by atomic mass is 16.8. The number of esters is 1. The number of non-ortho nitro benzene ring substituents is 1. The quantitative estimate of drug-likeness (QED) is 0.0358. The Morgan fingerprint density at radius 2 is 1.00 bits per heavy atom. The van der Waals surface area contributed by atoms with Gasteiger partial charge in [-0.05, 0) is 31.7 Å². The van der Waals surface area contributed by atoms with E-state index in [0.29, 0.717) is 0 Å². The van der Waals surface area contributed by atoms with Crippen molar-refractivity contribution in [2.24, 2.45) is 0 Å². The Morgan fingerprint density at radius 3 is 1.33 bits per heavy atom. The van der Waals surface area contributed by atoms with Crippen molar-refractivity contribution in [3.63, 3.8) is 0 Å². The van der Waals surface area contributed by atoms with Crippen LogP contribution in [0.1, 0.15) is 204 Å². The second-order valence-corrected chi connectivity index (χ2v) is 13.4. The van der Waals surface area contributed by atoms with Crippen molar-refractivity contribution in [1.29, 1.82) is 0 Å². The van der Waals surface area contributed by atoms with Crippen molar-refractivity contribution in [2.45, 2.75) is 200 Å². The maximum Gasteiger partial charge on any atom is 0.338 e. The molecule has 0 bridgehead atoms. The van der Waals surface area contributed by atoms with Crippen LogP contribution in [0.5, 0.6) is 0 Å². The van der Waals surface area contributed by atoms with Crippen LogP contribution in [0.2, 0.25) is 0 Å². The van der Waals surface area contributed by atoms with Gasteiger partial charge in [0.2, 0.25) is 0 Å². The zero-order chi connectivity index (χ0) is 33.7. The van der Waals surface area contributed by atoms with Crippen molar-refractivity contribution < 1.29 is 19.7 Å². The van der Waals surface area contributed by atoms with Crippen molar-refractivity contribution in [1.82, 2.24) is 0 Å². The van der Waals surface area contributed by atoms with Gasteiger partial charge in [-0.3, -0.25) is 15.3 Å². The summed E-state index contributed by atoms with van der Waals surface area (Å²) in [5, 5.41) is 31.5. The topological polar surface area (TPSA) is 116 Å². The lowest BCUT2D eigenvalue weighted by Gasteiger charge is -2.22. The monoisotopic (exact) mass is 648 g/mol. The standard InChI is InChI=1S/C38H67N2O6/c1-3-5-7-9-11-13-14-15-16-17-18-19-20-22-24-26-28-30-37(29-27-25-23-21-12-10-8-6-4-2)46-38(41)34-31-35(39(42)43)33-36(32-34)40(44)45/h31-33,37,42H,3-30H2,1-2H3/q-1. The Bertz CT molecular complexity index is 894. The normalized spacial score (nSPS) is 11.9. The molecule has 0 aliphatic heterocycles. The fourth-order valence-electron chi connectivity index (χ4n) is 6.19. The summed E-state index contributed by atoms with van der Waals surface area (Å²) < 4.78 is 5.84. The molecule has 0 fully saturated rings. The second kappa shape index (κ2) is 29.0. The number of nitrogens with zero attached hydrogens (tertiary/aromatic N) is 2. The summed E-state index contributed by atoms with van der Waals surface area (Å²) in [6, 6.07) is 3.16. The number of rotatable bonds is 32. The highest BCUT2D eigenvalue weighted by Crippen LogP contribution is 2.25. The van der Waals surface area contributed by atoms with E-state index in [2.05, 4.69) is 13.8 Å². The Labute approximate surface area is 280 Å². The summed E-state index contributed by atoms with van der Waals surface area (Å²) in [5.41, 5.74) is -0.911. The van der Waals surface area contributed by atoms with Crippen molar-refractivity contribution in [3.8, 4) is 0 Å². The van der Waals surface area contributed by atoms with Gasteiger partial charge in [0.1, 0.15) is 6.10 Å². The Hall–Kier alpha value is -2.19. The molecule has 1 atom stereocenters. The van der Waals surface area contributed by atoms with E-state index in [0.717, 1.165) is 56.7 Å². The zero-order valence-electron chi connectivity index (χ0n) is 29.5. The average molecular weight is 648 g/mol. The predicted octanol–water partition coefficient (Wildman–Crippen LogP) is 12.8. The van der Waals surface area contributed by atoms with Crippen molar-refractivity contribution >= 4 is 17.3 Å². The van der Waals surface area contributed by atoms with Crippen LogP contribution in [0.25, 0.3) is 0 Å². The van der Waals surface area contributed by atoms with Gasteiger partial charge in [0, 0.05) is 12.1 Å². The van der Waals surface area contributed by atoms with E-state index in [1.54, 1.807) is 0 Å². The lowest BCUT2D eigenvalue weighted by Crippen LogP contribution is -2.19. The molecule has 1 unspecified atom stereocenters. The predicted molar refractivity (Wildman–Crippen MR) is 191 cm³/mol. The molecule has 0 amide bonds. The summed E-state index contributed by atoms with van der Waals surface area (Å²) in [5.74, 6) is -0.695. The van der Waals surface area contributed by atoms with Gasteiger partial charge in [-0.25, -0.2) is 4.79 Å². The van der Waals surface area contributed by atoms with E-state index in [-0.39, 0.29) is 17.4 Å². The number of carbonyl (C=O) groups is 1. The van der Waals surface area contributed by atoms with Gasteiger partial charge in [-0.15, -0.1) is 0 Å². The number of hydrogen-bond acceptors (Lipinski definition) is 7. The van der Waals surface area contributed by atoms with E-state index in [4.69, 9.17) is 4.74 Å². The summed E-state index contributed by atoms with van der Waals surface area (Å²) in [6.45, 7) is 4.50. The number of unbranched alkanes of at least 4 members (excludes halogenated alkanes) is 24. The number of anilines is 1. The molecular formula is C38H67N2O6-. The minimum atomic E-state index is -0.695. The first-order valence-corrected chi connectivity index (χ1v) is 19.1. The number of hydrogen-bond donors (Lipinski definition) is 1. The SMILES string of the molecule is CCCCCCCCCCCCCCCCCCCC(CCCCCCCCCCC)OC(=O)c1cc(N([O-])O)cc([N+](=O)[O-])c1. The third-order valence-corrected chi connectivity index (χ3v) is 9.10. The summed E-state index contributed by atoms with van der Waals surface area (Å²) in [4.78, 5) is 23.6. The molecule has 266 valence electrons. The molecule has 0 saturated heterocycles. The molecule has 1 rings (SSSR count). The average Bonchev–Trinajstić information content (AvgIpc) is 3.04. The van der Waals surface area contributed by atoms with Gasteiger partial charge >= 0.3 is 5.97 Å². The summed E-state index contributed by atoms with van der Waals surface area (Å²) in [7, 11) is 0. The maximum atomic E-state index is 13.0. The molecule has 8 heteroatoms. The van der Waals surface area contributed by atoms with Crippen LogP contribution < -0.4 is 5.23 Å². The molecular weight excluding hydrogens is 580 g/mol. The fraction of sp³-hybridized carbons (Fsp3) is 0.816. The van der Waals surface area contributed by atoms with Gasteiger partial charge in [-0.2, -0.15) is 0 Å². The van der Waals surface area contributed by atoms with E-state index in [1.165, 1.54) is 141 Å². The molecule has 1 aromatic carbocycles. The van der Waals surface area contributed by atoms with Crippen molar-refractivity contribution in [2.75, 3.05) is 5.23 Å². The molecule has 1 aromatic rings. The third kappa shape index (κ3) is 22.4. The number of benzene rings is 1. The van der Waals surface area contributed by atoms with Gasteiger partial charge in [0.15, 0.2) is 0 Å². The first-order chi connectivity index (χ1) is 22.4. The molecule has 0 heterocycles. The Morgan fingerprint density at radius 1 is 0.652 bits per heavy atom. The molecule has 0 spiro atoms. The van der Waals surface area contributed by atoms with Gasteiger partial charge in [0.25, 0.3) is 5.69 Å². The van der Waals surface area contributed by atoms with Crippen LogP contribution in [0.4, 0.5) is 11.4 Å². The lowest BCUT2D eigenvalue weighted by molar-refractivity contribution is -0.384. The van der Waals surface area contributed by atoms with E-state index >= 15 is 0 Å². The van der Waals surface area contributed by atoms with Crippen LogP contribution >= 0.6 is 0 Å². The highest BCUT2D eigenvalue weighted by Gasteiger charge is 2.20. The Balaban J connectivity index is 2.37. The summed E-state index contributed by atoms with van der Waals surface area (Å²) in [6.07, 6.45) is 34.5. The molecule has 0 saturated carbocycles. The van der Waals surface area contributed by atoms with E-state index in [9.17, 15) is 25.3 Å². The maximum absolute atomic E-state index is 13.0. The van der Waals surface area contributed by atoms with Crippen LogP contribution in [-0.2, 0) is 4.74 Å². The van der Waals surface area contributed by atoms with Crippen LogP contribution in [0.15, 0.2) is 18.2 Å². The molecule has 46 heavy (non-hydrogen) atoms. The lowest BCUT2D eigenvalue weighted by atomic mass is 10.0. The van der Waals surface area contributed by atoms with Gasteiger partial charge < -0.3 is 15.2 Å². The van der Waals surface area contributed by atoms with Crippen LogP contribution in [0, 0.1) is 15.3 Å². The first kappa shape index (κ1) is 41.8. The molecule has 8 nitrogen and oxygen atoms in total. The molecule has 0 aliphatic rings. The molecule has 0 aliphatic carbocycles. The number of ether oxygens (including phenoxy) is 1. The Kier molecular flexibility index (Phi) is 26.4. The van der Waals surface area contributed by atoms with Gasteiger partial charge in [-0.1, -0.05) is 168 Å². The third-order valence-electron chi connectivity index (χ3n) is 9.10. The van der Waals surface area contributed by atoms with Crippen LogP contribution in [0.3, 0.4) is 0 Å². The van der Waals surface area contributed by atoms with Crippen molar-refractivity contribution in [3.05, 3.63) is 39.1 Å². The minimum absolute atomic E-state index is 0.0985. The van der Waals surface area contributed by atoms with E-state index in [1.807, 2.05) is 0 Å². The number of carbonyl (C=O) groups excluding carboxylic acids is 1. The molecule has 0 aromatic heterocycles. The highest BCUT2D eigenvalue weighted by molar-refractivity contribution is 5.91. The van der Waals surface area contributed by atoms with E-state index < -0.39 is 21.8 Å². The fourth-order valence-corrected chi connectivity index (χ4v) is 6.19. The van der Waals surface area contributed by atoms with Crippen LogP contribution in [-0.4, -0.2) is 22.2 Å². The summed E-state index contributed by atoms with van der Waals surface area (Å²) >= 11 is 0. The number of nitro benzene ring substituents is 1. The minimum Gasteiger partial charge on any atom is -0.733 e.